The van der Waals surface area contributed by atoms with Crippen LogP contribution in [0, 0.1) is 0 Å². The zero-order valence-corrected chi connectivity index (χ0v) is 15.5. The van der Waals surface area contributed by atoms with Crippen LogP contribution in [-0.2, 0) is 10.1 Å². The zero-order chi connectivity index (χ0) is 20.2. The Hall–Kier alpha value is -2.66. The lowest BCUT2D eigenvalue weighted by atomic mass is 9.96. The molecule has 0 amide bonds. The number of halogens is 1. The minimum Gasteiger partial charge on any atom is -0.398 e. The van der Waals surface area contributed by atoms with Crippen LogP contribution >= 0.6 is 11.6 Å². The summed E-state index contributed by atoms with van der Waals surface area (Å²) in [6.07, 6.45) is -1.60. The van der Waals surface area contributed by atoms with Crippen molar-refractivity contribution in [3.05, 3.63) is 64.2 Å². The van der Waals surface area contributed by atoms with Gasteiger partial charge in [0.25, 0.3) is 10.1 Å². The number of rotatable bonds is 6. The summed E-state index contributed by atoms with van der Waals surface area (Å²) in [4.78, 5) is 0. The number of nitrogens with zero attached hydrogens (tertiary/aromatic N) is 2. The van der Waals surface area contributed by atoms with Crippen LogP contribution in [0.4, 0.5) is 5.69 Å². The quantitative estimate of drug-likeness (QED) is 0.154. The second kappa shape index (κ2) is 8.35. The fourth-order valence-electron chi connectivity index (χ4n) is 2.37. The molecule has 8 N–H and O–H groups in total. The second-order valence-corrected chi connectivity index (χ2v) is 7.49. The average molecular weight is 412 g/mol. The smallest absolute Gasteiger partial charge is 0.267 e. The Balaban J connectivity index is 2.67. The SMILES string of the molecule is NC(N)=N/N=C(\c1ccccc1)c1cc(Cl)cc(C(O)CS(=O)(=O)O)c1N. The molecule has 11 heteroatoms. The monoisotopic (exact) mass is 411 g/mol. The summed E-state index contributed by atoms with van der Waals surface area (Å²) in [5.41, 5.74) is 18.0. The van der Waals surface area contributed by atoms with E-state index in [9.17, 15) is 13.5 Å². The van der Waals surface area contributed by atoms with Crippen molar-refractivity contribution in [1.82, 2.24) is 0 Å². The minimum absolute atomic E-state index is 0.0171. The fraction of sp³-hybridized carbons (Fsp3) is 0.125. The highest BCUT2D eigenvalue weighted by molar-refractivity contribution is 7.85. The molecule has 27 heavy (non-hydrogen) atoms. The van der Waals surface area contributed by atoms with Crippen molar-refractivity contribution in [2.45, 2.75) is 6.10 Å². The van der Waals surface area contributed by atoms with Gasteiger partial charge in [-0.25, -0.2) is 0 Å². The maximum atomic E-state index is 11.1. The van der Waals surface area contributed by atoms with E-state index in [1.54, 1.807) is 30.3 Å². The highest BCUT2D eigenvalue weighted by atomic mass is 35.5. The highest BCUT2D eigenvalue weighted by Gasteiger charge is 2.22. The molecule has 2 aromatic carbocycles. The number of hydrogen-bond donors (Lipinski definition) is 5. The molecule has 0 aromatic heterocycles. The Bertz CT molecular complexity index is 989. The molecule has 0 spiro atoms. The first-order valence-corrected chi connectivity index (χ1v) is 9.51. The van der Waals surface area contributed by atoms with E-state index in [4.69, 9.17) is 33.4 Å². The molecule has 1 unspecified atom stereocenters. The third-order valence-electron chi connectivity index (χ3n) is 3.47. The molecule has 0 aliphatic carbocycles. The Kier molecular flexibility index (Phi) is 6.39. The van der Waals surface area contributed by atoms with E-state index >= 15 is 0 Å². The predicted octanol–water partition coefficient (Wildman–Crippen LogP) is 0.869. The van der Waals surface area contributed by atoms with Crippen LogP contribution in [0.1, 0.15) is 22.8 Å². The first-order chi connectivity index (χ1) is 12.6. The number of hydrogen-bond acceptors (Lipinski definition) is 6. The van der Waals surface area contributed by atoms with Gasteiger partial charge in [0, 0.05) is 27.4 Å². The van der Waals surface area contributed by atoms with Gasteiger partial charge in [0.15, 0.2) is 0 Å². The predicted molar refractivity (Wildman–Crippen MR) is 105 cm³/mol. The van der Waals surface area contributed by atoms with E-state index in [-0.39, 0.29) is 33.5 Å². The van der Waals surface area contributed by atoms with Gasteiger partial charge in [-0.2, -0.15) is 8.42 Å². The van der Waals surface area contributed by atoms with Crippen LogP contribution in [0.3, 0.4) is 0 Å². The maximum Gasteiger partial charge on any atom is 0.267 e. The first kappa shape index (κ1) is 20.6. The first-order valence-electron chi connectivity index (χ1n) is 7.53. The Labute approximate surface area is 160 Å². The van der Waals surface area contributed by atoms with Crippen LogP contribution in [-0.4, -0.2) is 35.5 Å². The summed E-state index contributed by atoms with van der Waals surface area (Å²) < 4.78 is 31.1. The van der Waals surface area contributed by atoms with Gasteiger partial charge < -0.3 is 22.3 Å². The number of nitrogen functional groups attached to an aromatic ring is 1. The molecule has 2 aromatic rings. The lowest BCUT2D eigenvalue weighted by Gasteiger charge is -2.17. The van der Waals surface area contributed by atoms with Gasteiger partial charge in [-0.3, -0.25) is 4.55 Å². The van der Waals surface area contributed by atoms with E-state index in [0.29, 0.717) is 5.56 Å². The summed E-state index contributed by atoms with van der Waals surface area (Å²) in [6, 6.07) is 11.6. The van der Waals surface area contributed by atoms with Crippen LogP contribution in [0.25, 0.3) is 0 Å². The maximum absolute atomic E-state index is 11.1. The van der Waals surface area contributed by atoms with Gasteiger partial charge in [0.2, 0.25) is 5.96 Å². The Morgan fingerprint density at radius 1 is 1.15 bits per heavy atom. The molecule has 0 radical (unpaired) electrons. The number of aliphatic hydroxyl groups is 1. The van der Waals surface area contributed by atoms with E-state index in [0.717, 1.165) is 0 Å². The summed E-state index contributed by atoms with van der Waals surface area (Å²) in [7, 11) is -4.44. The van der Waals surface area contributed by atoms with Crippen molar-refractivity contribution in [1.29, 1.82) is 0 Å². The number of aliphatic hydroxyl groups excluding tert-OH is 1. The van der Waals surface area contributed by atoms with Gasteiger partial charge in [-0.15, -0.1) is 10.2 Å². The van der Waals surface area contributed by atoms with Crippen molar-refractivity contribution in [2.75, 3.05) is 11.5 Å². The Morgan fingerprint density at radius 2 is 1.78 bits per heavy atom. The summed E-state index contributed by atoms with van der Waals surface area (Å²) >= 11 is 6.11. The van der Waals surface area contributed by atoms with Gasteiger partial charge in [-0.1, -0.05) is 41.9 Å². The van der Waals surface area contributed by atoms with Crippen molar-refractivity contribution in [2.24, 2.45) is 21.7 Å². The van der Waals surface area contributed by atoms with Crippen molar-refractivity contribution >= 4 is 39.1 Å². The molecule has 0 heterocycles. The number of guanidine groups is 1. The average Bonchev–Trinajstić information content (AvgIpc) is 2.56. The van der Waals surface area contributed by atoms with Gasteiger partial charge in [0.1, 0.15) is 11.5 Å². The standard InChI is InChI=1S/C16H18ClN5O4S/c17-10-6-11(13(23)8-27(24,25)26)14(18)12(7-10)15(21-22-16(19)20)9-4-2-1-3-5-9/h1-7,13,23H,8,18H2,(H4,19,20,22)(H,24,25,26)/b21-15+. The van der Waals surface area contributed by atoms with Crippen LogP contribution in [0.15, 0.2) is 52.7 Å². The highest BCUT2D eigenvalue weighted by Crippen LogP contribution is 2.31. The summed E-state index contributed by atoms with van der Waals surface area (Å²) in [5.74, 6) is -1.22. The molecule has 0 aliphatic rings. The minimum atomic E-state index is -4.44. The molecular formula is C16H18ClN5O4S. The largest absolute Gasteiger partial charge is 0.398 e. The van der Waals surface area contributed by atoms with E-state index in [1.807, 2.05) is 0 Å². The lowest BCUT2D eigenvalue weighted by molar-refractivity contribution is 0.200. The van der Waals surface area contributed by atoms with Crippen molar-refractivity contribution < 1.29 is 18.1 Å². The van der Waals surface area contributed by atoms with E-state index < -0.39 is 22.0 Å². The Morgan fingerprint density at radius 3 is 2.33 bits per heavy atom. The molecule has 0 saturated carbocycles. The van der Waals surface area contributed by atoms with Gasteiger partial charge in [-0.05, 0) is 12.1 Å². The third kappa shape index (κ3) is 5.66. The van der Waals surface area contributed by atoms with Crippen molar-refractivity contribution in [3.63, 3.8) is 0 Å². The van der Waals surface area contributed by atoms with Crippen LogP contribution in [0.2, 0.25) is 5.02 Å². The molecule has 0 saturated heterocycles. The molecule has 2 rings (SSSR count). The molecule has 144 valence electrons. The molecule has 0 fully saturated rings. The normalized spacial score (nSPS) is 13.2. The molecular weight excluding hydrogens is 394 g/mol. The summed E-state index contributed by atoms with van der Waals surface area (Å²) in [6.45, 7) is 0. The fourth-order valence-corrected chi connectivity index (χ4v) is 3.18. The molecule has 1 atom stereocenters. The summed E-state index contributed by atoms with van der Waals surface area (Å²) in [5, 5.41) is 18.0. The van der Waals surface area contributed by atoms with Crippen LogP contribution < -0.4 is 17.2 Å². The van der Waals surface area contributed by atoms with E-state index in [2.05, 4.69) is 10.2 Å². The zero-order valence-electron chi connectivity index (χ0n) is 13.9. The topological polar surface area (TPSA) is 177 Å². The molecule has 9 nitrogen and oxygen atoms in total. The lowest BCUT2D eigenvalue weighted by Crippen LogP contribution is -2.22. The number of anilines is 1. The number of benzene rings is 2. The van der Waals surface area contributed by atoms with Gasteiger partial charge >= 0.3 is 0 Å². The second-order valence-electron chi connectivity index (χ2n) is 5.56. The van der Waals surface area contributed by atoms with Crippen LogP contribution in [0.5, 0.6) is 0 Å². The molecule has 0 aliphatic heterocycles. The van der Waals surface area contributed by atoms with Gasteiger partial charge in [0.05, 0.1) is 6.10 Å². The van der Waals surface area contributed by atoms with E-state index in [1.165, 1.54) is 12.1 Å². The number of nitrogens with two attached hydrogens (primary N) is 3. The molecule has 0 bridgehead atoms. The van der Waals surface area contributed by atoms with Crippen molar-refractivity contribution in [3.8, 4) is 0 Å². The third-order valence-corrected chi connectivity index (χ3v) is 4.43.